The van der Waals surface area contributed by atoms with E-state index in [1.54, 1.807) is 12.1 Å². The van der Waals surface area contributed by atoms with Crippen molar-refractivity contribution in [2.24, 2.45) is 15.8 Å². The summed E-state index contributed by atoms with van der Waals surface area (Å²) in [6, 6.07) is 6.40. The van der Waals surface area contributed by atoms with Gasteiger partial charge in [0.25, 0.3) is 5.92 Å². The molecule has 3 aliphatic rings. The van der Waals surface area contributed by atoms with Gasteiger partial charge in [-0.3, -0.25) is 14.8 Å². The third-order valence-corrected chi connectivity index (χ3v) is 6.82. The molecule has 1 amide bonds. The summed E-state index contributed by atoms with van der Waals surface area (Å²) in [5.74, 6) is -4.54. The molecule has 3 atom stereocenters. The summed E-state index contributed by atoms with van der Waals surface area (Å²) in [4.78, 5) is 22.2. The molecular weight excluding hydrogens is 445 g/mol. The van der Waals surface area contributed by atoms with Crippen molar-refractivity contribution in [3.63, 3.8) is 0 Å². The Hall–Kier alpha value is -3.55. The number of hydrogen-bond donors (Lipinski definition) is 1. The number of rotatable bonds is 3. The summed E-state index contributed by atoms with van der Waals surface area (Å²) in [7, 11) is 0. The maximum absolute atomic E-state index is 14.2. The Morgan fingerprint density at radius 1 is 1.24 bits per heavy atom. The number of carbonyl (C=O) groups is 1. The van der Waals surface area contributed by atoms with Gasteiger partial charge in [-0.2, -0.15) is 27.2 Å². The molecule has 2 aliphatic heterocycles. The van der Waals surface area contributed by atoms with Crippen molar-refractivity contribution in [1.82, 2.24) is 10.3 Å². The number of pyridine rings is 1. The van der Waals surface area contributed by atoms with Gasteiger partial charge in [-0.05, 0) is 30.7 Å². The number of alkyl halides is 5. The van der Waals surface area contributed by atoms with Crippen LogP contribution >= 0.6 is 0 Å². The number of benzene rings is 1. The smallest absolute Gasteiger partial charge is 0.369 e. The van der Waals surface area contributed by atoms with Crippen molar-refractivity contribution >= 4 is 28.7 Å². The molecule has 1 saturated heterocycles. The van der Waals surface area contributed by atoms with Gasteiger partial charge in [0.05, 0.1) is 16.5 Å². The lowest BCUT2D eigenvalue weighted by Crippen LogP contribution is -2.52. The van der Waals surface area contributed by atoms with Crippen molar-refractivity contribution in [2.75, 3.05) is 18.0 Å². The molecule has 0 unspecified atom stereocenters. The summed E-state index contributed by atoms with van der Waals surface area (Å²) >= 11 is 0. The maximum atomic E-state index is 14.2. The van der Waals surface area contributed by atoms with E-state index < -0.39 is 47.8 Å². The highest BCUT2D eigenvalue weighted by molar-refractivity contribution is 5.97. The average Bonchev–Trinajstić information content (AvgIpc) is 3.32. The van der Waals surface area contributed by atoms with E-state index >= 15 is 0 Å². The molecule has 170 valence electrons. The summed E-state index contributed by atoms with van der Waals surface area (Å²) in [5, 5.41) is 11.9. The van der Waals surface area contributed by atoms with Gasteiger partial charge in [0.2, 0.25) is 5.91 Å². The van der Waals surface area contributed by atoms with E-state index in [4.69, 9.17) is 0 Å². The Morgan fingerprint density at radius 2 is 2.03 bits per heavy atom. The van der Waals surface area contributed by atoms with Crippen LogP contribution in [-0.4, -0.2) is 48.3 Å². The van der Waals surface area contributed by atoms with Crippen molar-refractivity contribution < 1.29 is 26.7 Å². The molecule has 11 heteroatoms. The number of nitriles is 1. The van der Waals surface area contributed by atoms with Crippen LogP contribution in [0, 0.1) is 22.2 Å². The minimum atomic E-state index is -4.72. The minimum absolute atomic E-state index is 0.267. The molecule has 0 radical (unpaired) electrons. The molecule has 1 N–H and O–H groups in total. The van der Waals surface area contributed by atoms with Gasteiger partial charge in [0.1, 0.15) is 17.5 Å². The standard InChI is InChI=1S/C22H16F5N5O/c23-21(24)5-7-29-9-16(21)31-18(33)19-10-20(19,22(25,26)27)12-32(11-19)15-4-3-13(8-28)17-14(15)2-1-6-30-17/h1-7,9,16H,10-12H2,(H,31,33)/t16-,19-,20-/m0/s1. The fourth-order valence-corrected chi connectivity index (χ4v) is 5.01. The highest BCUT2D eigenvalue weighted by Crippen LogP contribution is 2.75. The van der Waals surface area contributed by atoms with Crippen LogP contribution in [0.25, 0.3) is 10.9 Å². The summed E-state index contributed by atoms with van der Waals surface area (Å²) in [6.45, 7) is -0.811. The van der Waals surface area contributed by atoms with Gasteiger partial charge in [-0.15, -0.1) is 0 Å². The lowest BCUT2D eigenvalue weighted by Gasteiger charge is -2.27. The van der Waals surface area contributed by atoms with Gasteiger partial charge in [0.15, 0.2) is 0 Å². The van der Waals surface area contributed by atoms with Crippen LogP contribution in [0.4, 0.5) is 27.6 Å². The van der Waals surface area contributed by atoms with E-state index in [2.05, 4.69) is 15.3 Å². The number of aliphatic imine (C=N–C) groups is 1. The van der Waals surface area contributed by atoms with Crippen LogP contribution in [-0.2, 0) is 4.79 Å². The van der Waals surface area contributed by atoms with Crippen LogP contribution in [0.3, 0.4) is 0 Å². The van der Waals surface area contributed by atoms with Crippen LogP contribution in [0.1, 0.15) is 12.0 Å². The Bertz CT molecular complexity index is 1270. The molecule has 1 aliphatic carbocycles. The number of carbonyl (C=O) groups excluding carboxylic acids is 1. The van der Waals surface area contributed by atoms with Crippen LogP contribution in [0.2, 0.25) is 0 Å². The Labute approximate surface area is 184 Å². The first kappa shape index (κ1) is 21.3. The SMILES string of the molecule is N#Cc1ccc(N2C[C@]3(C(=O)N[C@H]4C=NC=CC4(F)F)C[C@]3(C(F)(F)F)C2)c2cccnc12. The summed E-state index contributed by atoms with van der Waals surface area (Å²) in [5.41, 5.74) is -3.26. The number of amides is 1. The van der Waals surface area contributed by atoms with Gasteiger partial charge < -0.3 is 10.2 Å². The first-order valence-corrected chi connectivity index (χ1v) is 10.0. The fraction of sp³-hybridized carbons (Fsp3) is 0.364. The van der Waals surface area contributed by atoms with E-state index in [1.165, 1.54) is 23.2 Å². The first-order valence-electron chi connectivity index (χ1n) is 10.0. The molecule has 33 heavy (non-hydrogen) atoms. The largest absolute Gasteiger partial charge is 0.397 e. The highest BCUT2D eigenvalue weighted by atomic mass is 19.4. The van der Waals surface area contributed by atoms with E-state index in [-0.39, 0.29) is 12.1 Å². The average molecular weight is 461 g/mol. The van der Waals surface area contributed by atoms with E-state index in [0.29, 0.717) is 22.7 Å². The topological polar surface area (TPSA) is 81.4 Å². The molecular formula is C22H16F5N5O. The van der Waals surface area contributed by atoms with Crippen LogP contribution < -0.4 is 10.2 Å². The van der Waals surface area contributed by atoms with Crippen molar-refractivity contribution in [2.45, 2.75) is 24.6 Å². The fourth-order valence-electron chi connectivity index (χ4n) is 5.01. The zero-order valence-corrected chi connectivity index (χ0v) is 16.9. The zero-order chi connectivity index (χ0) is 23.6. The van der Waals surface area contributed by atoms with E-state index in [0.717, 1.165) is 12.4 Å². The second-order valence-electron chi connectivity index (χ2n) is 8.58. The van der Waals surface area contributed by atoms with E-state index in [9.17, 15) is 32.0 Å². The molecule has 0 spiro atoms. The number of anilines is 1. The Morgan fingerprint density at radius 3 is 2.73 bits per heavy atom. The molecule has 1 saturated carbocycles. The number of hydrogen-bond acceptors (Lipinski definition) is 5. The first-order chi connectivity index (χ1) is 15.5. The predicted molar refractivity (Wildman–Crippen MR) is 109 cm³/mol. The number of piperidine rings is 1. The predicted octanol–water partition coefficient (Wildman–Crippen LogP) is 3.58. The molecule has 1 aromatic heterocycles. The molecule has 2 aromatic rings. The van der Waals surface area contributed by atoms with Crippen LogP contribution in [0.15, 0.2) is 47.7 Å². The number of fused-ring (bicyclic) bond motifs is 2. The van der Waals surface area contributed by atoms with Gasteiger partial charge in [-0.25, -0.2) is 0 Å². The number of halogens is 5. The zero-order valence-electron chi connectivity index (χ0n) is 16.9. The number of nitrogens with zero attached hydrogens (tertiary/aromatic N) is 4. The van der Waals surface area contributed by atoms with Gasteiger partial charge in [0, 0.05) is 48.9 Å². The number of nitrogens with one attached hydrogen (secondary N) is 1. The quantitative estimate of drug-likeness (QED) is 0.709. The molecule has 1 aromatic carbocycles. The van der Waals surface area contributed by atoms with Crippen molar-refractivity contribution in [3.05, 3.63) is 48.3 Å². The second-order valence-corrected chi connectivity index (χ2v) is 8.58. The molecule has 3 heterocycles. The lowest BCUT2D eigenvalue weighted by atomic mass is 9.94. The summed E-state index contributed by atoms with van der Waals surface area (Å²) < 4.78 is 70.8. The lowest BCUT2D eigenvalue weighted by molar-refractivity contribution is -0.191. The number of aromatic nitrogens is 1. The van der Waals surface area contributed by atoms with Gasteiger partial charge >= 0.3 is 6.18 Å². The third kappa shape index (κ3) is 2.93. The van der Waals surface area contributed by atoms with Crippen LogP contribution in [0.5, 0.6) is 0 Å². The Kier molecular flexibility index (Phi) is 4.34. The van der Waals surface area contributed by atoms with Crippen molar-refractivity contribution in [1.29, 1.82) is 5.26 Å². The third-order valence-electron chi connectivity index (χ3n) is 6.82. The molecule has 5 rings (SSSR count). The van der Waals surface area contributed by atoms with E-state index in [1.807, 2.05) is 6.07 Å². The Balaban J connectivity index is 1.51. The minimum Gasteiger partial charge on any atom is -0.369 e. The monoisotopic (exact) mass is 461 g/mol. The normalized spacial score (nSPS) is 29.6. The second kappa shape index (κ2) is 6.73. The highest BCUT2D eigenvalue weighted by Gasteiger charge is 2.86. The van der Waals surface area contributed by atoms with Gasteiger partial charge in [-0.1, -0.05) is 0 Å². The molecule has 2 fully saturated rings. The maximum Gasteiger partial charge on any atom is 0.397 e. The molecule has 6 nitrogen and oxygen atoms in total. The molecule has 0 bridgehead atoms. The summed E-state index contributed by atoms with van der Waals surface area (Å²) in [6.07, 6.45) is -1.54. The van der Waals surface area contributed by atoms with Crippen molar-refractivity contribution in [3.8, 4) is 6.07 Å².